The number of aliphatic hydroxyl groups is 1. The summed E-state index contributed by atoms with van der Waals surface area (Å²) in [4.78, 5) is 39.8. The second-order valence-electron chi connectivity index (χ2n) is 6.91. The number of amides is 3. The number of hydrogen-bond acceptors (Lipinski definition) is 5. The monoisotopic (exact) mass is 364 g/mol. The summed E-state index contributed by atoms with van der Waals surface area (Å²) < 4.78 is 13.3. The Hall–Kier alpha value is -2.52. The first-order valence-corrected chi connectivity index (χ1v) is 8.26. The minimum absolute atomic E-state index is 0.00230. The molecule has 2 fully saturated rings. The maximum absolute atomic E-state index is 13.3. The maximum atomic E-state index is 13.3. The number of benzene rings is 1. The standard InChI is InChI=1S/C17H21FN4O4/c1-8-12(19)15(25)22(11-5-3-10(18)4-6-11)17(8)7-21(16(17)26)13(9(2)23)14(20)24/h3-6,8-9,12-13,23H,7,19H2,1-2H3,(H2,20,24)/t8?,9-,12?,13+,17?/m1/s1. The van der Waals surface area contributed by atoms with Gasteiger partial charge >= 0.3 is 0 Å². The van der Waals surface area contributed by atoms with Gasteiger partial charge in [0.25, 0.3) is 5.91 Å². The van der Waals surface area contributed by atoms with E-state index in [0.717, 1.165) is 4.90 Å². The molecule has 1 aromatic rings. The van der Waals surface area contributed by atoms with Crippen molar-refractivity contribution in [2.45, 2.75) is 37.6 Å². The third kappa shape index (κ3) is 2.31. The van der Waals surface area contributed by atoms with E-state index in [0.29, 0.717) is 5.69 Å². The average Bonchev–Trinajstić information content (AvgIpc) is 2.77. The lowest BCUT2D eigenvalue weighted by Gasteiger charge is -2.55. The first kappa shape index (κ1) is 18.3. The van der Waals surface area contributed by atoms with Crippen LogP contribution >= 0.6 is 0 Å². The molecule has 140 valence electrons. The highest BCUT2D eigenvalue weighted by molar-refractivity contribution is 6.13. The molecule has 26 heavy (non-hydrogen) atoms. The Morgan fingerprint density at radius 2 is 1.92 bits per heavy atom. The van der Waals surface area contributed by atoms with E-state index in [9.17, 15) is 23.9 Å². The van der Waals surface area contributed by atoms with Gasteiger partial charge in [0.2, 0.25) is 11.8 Å². The second kappa shape index (κ2) is 6.03. The van der Waals surface area contributed by atoms with Gasteiger partial charge in [-0.05, 0) is 31.2 Å². The highest BCUT2D eigenvalue weighted by Gasteiger charge is 2.69. The number of primary amides is 1. The normalized spacial score (nSPS) is 30.5. The van der Waals surface area contributed by atoms with Crippen LogP contribution in [0.15, 0.2) is 24.3 Å². The fraction of sp³-hybridized carbons (Fsp3) is 0.471. The molecule has 2 saturated heterocycles. The van der Waals surface area contributed by atoms with E-state index in [1.54, 1.807) is 6.92 Å². The number of anilines is 1. The Balaban J connectivity index is 2.01. The van der Waals surface area contributed by atoms with Crippen molar-refractivity contribution in [1.29, 1.82) is 0 Å². The number of carbonyl (C=O) groups is 3. The lowest BCUT2D eigenvalue weighted by molar-refractivity contribution is -0.164. The predicted octanol–water partition coefficient (Wildman–Crippen LogP) is -1.05. The van der Waals surface area contributed by atoms with Crippen LogP contribution in [0.3, 0.4) is 0 Å². The van der Waals surface area contributed by atoms with Crippen LogP contribution in [0.5, 0.6) is 0 Å². The molecule has 1 spiro atoms. The lowest BCUT2D eigenvalue weighted by Crippen LogP contribution is -2.79. The second-order valence-corrected chi connectivity index (χ2v) is 6.91. The highest BCUT2D eigenvalue weighted by Crippen LogP contribution is 2.46. The van der Waals surface area contributed by atoms with Gasteiger partial charge in [0.15, 0.2) is 0 Å². The number of carbonyl (C=O) groups excluding carboxylic acids is 3. The van der Waals surface area contributed by atoms with Crippen LogP contribution in [-0.2, 0) is 14.4 Å². The quantitative estimate of drug-likeness (QED) is 0.587. The molecule has 0 aliphatic carbocycles. The minimum atomic E-state index is -1.28. The number of nitrogens with two attached hydrogens (primary N) is 2. The van der Waals surface area contributed by atoms with Crippen LogP contribution in [-0.4, -0.2) is 58.0 Å². The molecule has 3 rings (SSSR count). The van der Waals surface area contributed by atoms with Crippen LogP contribution in [0, 0.1) is 11.7 Å². The number of hydrogen-bond donors (Lipinski definition) is 3. The van der Waals surface area contributed by atoms with Crippen molar-refractivity contribution in [1.82, 2.24) is 4.90 Å². The molecule has 9 heteroatoms. The summed E-state index contributed by atoms with van der Waals surface area (Å²) in [6.07, 6.45) is -1.16. The van der Waals surface area contributed by atoms with Crippen molar-refractivity contribution >= 4 is 23.4 Å². The van der Waals surface area contributed by atoms with E-state index in [2.05, 4.69) is 0 Å². The van der Waals surface area contributed by atoms with Gasteiger partial charge in [-0.25, -0.2) is 4.39 Å². The Morgan fingerprint density at radius 1 is 1.35 bits per heavy atom. The zero-order valence-electron chi connectivity index (χ0n) is 14.4. The van der Waals surface area contributed by atoms with Crippen molar-refractivity contribution in [3.8, 4) is 0 Å². The van der Waals surface area contributed by atoms with Crippen molar-refractivity contribution < 1.29 is 23.9 Å². The van der Waals surface area contributed by atoms with Crippen LogP contribution in [0.1, 0.15) is 13.8 Å². The lowest BCUT2D eigenvalue weighted by atomic mass is 9.75. The van der Waals surface area contributed by atoms with Crippen LogP contribution < -0.4 is 16.4 Å². The topological polar surface area (TPSA) is 130 Å². The SMILES string of the molecule is CC1C(N)C(=O)N(c2ccc(F)cc2)C12CN([C@H](C(N)=O)[C@@H](C)O)C2=O. The molecule has 3 unspecified atom stereocenters. The fourth-order valence-corrected chi connectivity index (χ4v) is 3.95. The van der Waals surface area contributed by atoms with Gasteiger partial charge < -0.3 is 21.5 Å². The predicted molar refractivity (Wildman–Crippen MR) is 90.1 cm³/mol. The molecule has 5 N–H and O–H groups in total. The Bertz CT molecular complexity index is 769. The minimum Gasteiger partial charge on any atom is -0.391 e. The van der Waals surface area contributed by atoms with Crippen LogP contribution in [0.25, 0.3) is 0 Å². The van der Waals surface area contributed by atoms with E-state index in [-0.39, 0.29) is 6.54 Å². The van der Waals surface area contributed by atoms with Gasteiger partial charge in [-0.1, -0.05) is 6.92 Å². The van der Waals surface area contributed by atoms with E-state index < -0.39 is 53.2 Å². The summed E-state index contributed by atoms with van der Waals surface area (Å²) in [5.74, 6) is -2.81. The Morgan fingerprint density at radius 3 is 2.38 bits per heavy atom. The Labute approximate surface area is 149 Å². The number of nitrogens with zero attached hydrogens (tertiary/aromatic N) is 2. The molecule has 3 amide bonds. The summed E-state index contributed by atoms with van der Waals surface area (Å²) in [5, 5.41) is 9.81. The molecular weight excluding hydrogens is 343 g/mol. The number of rotatable bonds is 4. The molecular formula is C17H21FN4O4. The molecule has 0 bridgehead atoms. The molecule has 0 radical (unpaired) electrons. The van der Waals surface area contributed by atoms with Gasteiger partial charge in [-0.2, -0.15) is 0 Å². The van der Waals surface area contributed by atoms with Gasteiger partial charge in [-0.3, -0.25) is 19.3 Å². The number of β-lactam (4-membered cyclic amide) rings is 1. The summed E-state index contributed by atoms with van der Waals surface area (Å²) in [5.41, 5.74) is 10.4. The molecule has 1 aromatic carbocycles. The molecule has 8 nitrogen and oxygen atoms in total. The summed E-state index contributed by atoms with van der Waals surface area (Å²) in [7, 11) is 0. The van der Waals surface area contributed by atoms with E-state index in [1.165, 1.54) is 36.1 Å². The van der Waals surface area contributed by atoms with E-state index in [4.69, 9.17) is 11.5 Å². The van der Waals surface area contributed by atoms with Gasteiger partial charge in [-0.15, -0.1) is 0 Å². The van der Waals surface area contributed by atoms with Gasteiger partial charge in [0.05, 0.1) is 18.7 Å². The summed E-state index contributed by atoms with van der Waals surface area (Å²) in [6.45, 7) is 3.05. The molecule has 2 aliphatic heterocycles. The fourth-order valence-electron chi connectivity index (χ4n) is 3.95. The summed E-state index contributed by atoms with van der Waals surface area (Å²) in [6, 6.07) is 3.07. The third-order valence-corrected chi connectivity index (χ3v) is 5.41. The zero-order valence-corrected chi connectivity index (χ0v) is 14.4. The number of halogens is 1. The molecule has 2 aliphatic rings. The molecule has 0 aromatic heterocycles. The Kier molecular flexibility index (Phi) is 4.24. The van der Waals surface area contributed by atoms with E-state index in [1.807, 2.05) is 0 Å². The van der Waals surface area contributed by atoms with Gasteiger partial charge in [0, 0.05) is 11.6 Å². The number of aliphatic hydroxyl groups excluding tert-OH is 1. The zero-order chi connectivity index (χ0) is 19.4. The first-order chi connectivity index (χ1) is 12.1. The highest BCUT2D eigenvalue weighted by atomic mass is 19.1. The van der Waals surface area contributed by atoms with Crippen molar-refractivity contribution in [3.05, 3.63) is 30.1 Å². The van der Waals surface area contributed by atoms with Crippen LogP contribution in [0.2, 0.25) is 0 Å². The van der Waals surface area contributed by atoms with E-state index >= 15 is 0 Å². The third-order valence-electron chi connectivity index (χ3n) is 5.41. The van der Waals surface area contributed by atoms with Crippen molar-refractivity contribution in [3.63, 3.8) is 0 Å². The molecule has 2 heterocycles. The number of likely N-dealkylation sites (tertiary alicyclic amines) is 1. The van der Waals surface area contributed by atoms with Crippen molar-refractivity contribution in [2.75, 3.05) is 11.4 Å². The molecule has 5 atom stereocenters. The van der Waals surface area contributed by atoms with Crippen LogP contribution in [0.4, 0.5) is 10.1 Å². The largest absolute Gasteiger partial charge is 0.391 e. The van der Waals surface area contributed by atoms with Crippen molar-refractivity contribution in [2.24, 2.45) is 17.4 Å². The first-order valence-electron chi connectivity index (χ1n) is 8.26. The van der Waals surface area contributed by atoms with Gasteiger partial charge in [0.1, 0.15) is 17.4 Å². The maximum Gasteiger partial charge on any atom is 0.252 e. The average molecular weight is 364 g/mol. The molecule has 0 saturated carbocycles. The smallest absolute Gasteiger partial charge is 0.252 e. The summed E-state index contributed by atoms with van der Waals surface area (Å²) >= 11 is 0.